The maximum Gasteiger partial charge on any atom is 0.0340 e. The molecule has 0 aliphatic carbocycles. The largest absolute Gasteiger partial charge is 0.329 e. The summed E-state index contributed by atoms with van der Waals surface area (Å²) in [5, 5.41) is 0. The van der Waals surface area contributed by atoms with Gasteiger partial charge in [0.15, 0.2) is 0 Å². The molecule has 1 aromatic carbocycles. The molecule has 0 radical (unpaired) electrons. The van der Waals surface area contributed by atoms with Crippen LogP contribution >= 0.6 is 15.9 Å². The molecule has 0 aliphatic heterocycles. The van der Waals surface area contributed by atoms with Gasteiger partial charge in [-0.1, -0.05) is 28.1 Å². The molecule has 3 nitrogen and oxygen atoms in total. The van der Waals surface area contributed by atoms with Crippen molar-refractivity contribution in [1.82, 2.24) is 9.80 Å². The van der Waals surface area contributed by atoms with E-state index < -0.39 is 0 Å². The molecule has 0 bridgehead atoms. The van der Waals surface area contributed by atoms with Gasteiger partial charge in [0, 0.05) is 16.6 Å². The van der Waals surface area contributed by atoms with Gasteiger partial charge in [-0.15, -0.1) is 0 Å². The zero-order valence-electron chi connectivity index (χ0n) is 13.2. The Bertz CT molecular complexity index is 391. The van der Waals surface area contributed by atoms with Gasteiger partial charge in [-0.3, -0.25) is 4.90 Å². The van der Waals surface area contributed by atoms with E-state index in [-0.39, 0.29) is 5.54 Å². The number of nitrogens with two attached hydrogens (primary N) is 1. The predicted molar refractivity (Wildman–Crippen MR) is 91.1 cm³/mol. The lowest BCUT2D eigenvalue weighted by atomic mass is 9.91. The van der Waals surface area contributed by atoms with E-state index in [0.717, 1.165) is 24.0 Å². The van der Waals surface area contributed by atoms with Crippen molar-refractivity contribution in [3.8, 4) is 0 Å². The van der Waals surface area contributed by atoms with Gasteiger partial charge in [-0.25, -0.2) is 0 Å². The van der Waals surface area contributed by atoms with Crippen molar-refractivity contribution in [2.75, 3.05) is 40.8 Å². The van der Waals surface area contributed by atoms with E-state index >= 15 is 0 Å². The molecule has 4 heteroatoms. The topological polar surface area (TPSA) is 32.5 Å². The number of hydrogen-bond donors (Lipinski definition) is 1. The van der Waals surface area contributed by atoms with Crippen molar-refractivity contribution in [2.24, 2.45) is 5.73 Å². The first-order chi connectivity index (χ1) is 9.37. The number of rotatable bonds is 8. The third-order valence-corrected chi connectivity index (χ3v) is 4.49. The standard InChI is InChI=1S/C16H28BrN3/c1-16(13-18,20(4)11-5-10-19(2)3)12-14-6-8-15(17)9-7-14/h6-9H,5,10-13,18H2,1-4H3. The quantitative estimate of drug-likeness (QED) is 0.788. The van der Waals surface area contributed by atoms with Crippen LogP contribution in [0.3, 0.4) is 0 Å². The summed E-state index contributed by atoms with van der Waals surface area (Å²) in [5.41, 5.74) is 7.40. The van der Waals surface area contributed by atoms with Gasteiger partial charge in [0.25, 0.3) is 0 Å². The van der Waals surface area contributed by atoms with Crippen molar-refractivity contribution >= 4 is 15.9 Å². The van der Waals surface area contributed by atoms with Crippen LogP contribution in [0, 0.1) is 0 Å². The summed E-state index contributed by atoms with van der Waals surface area (Å²) in [6, 6.07) is 8.54. The van der Waals surface area contributed by atoms with E-state index in [4.69, 9.17) is 5.73 Å². The molecule has 1 unspecified atom stereocenters. The van der Waals surface area contributed by atoms with Crippen LogP contribution in [0.1, 0.15) is 18.9 Å². The Morgan fingerprint density at radius 3 is 2.20 bits per heavy atom. The normalized spacial score (nSPS) is 14.8. The Morgan fingerprint density at radius 2 is 1.70 bits per heavy atom. The summed E-state index contributed by atoms with van der Waals surface area (Å²) in [4.78, 5) is 4.63. The molecule has 1 rings (SSSR count). The first kappa shape index (κ1) is 17.6. The Morgan fingerprint density at radius 1 is 1.10 bits per heavy atom. The molecule has 0 aliphatic rings. The summed E-state index contributed by atoms with van der Waals surface area (Å²) < 4.78 is 1.12. The van der Waals surface area contributed by atoms with Crippen LogP contribution in [0.15, 0.2) is 28.7 Å². The fourth-order valence-electron chi connectivity index (χ4n) is 2.30. The molecule has 1 atom stereocenters. The number of nitrogens with zero attached hydrogens (tertiary/aromatic N) is 2. The minimum Gasteiger partial charge on any atom is -0.329 e. The maximum atomic E-state index is 6.06. The average molecular weight is 342 g/mol. The van der Waals surface area contributed by atoms with E-state index in [9.17, 15) is 0 Å². The molecule has 2 N–H and O–H groups in total. The van der Waals surface area contributed by atoms with Crippen LogP contribution in [-0.2, 0) is 6.42 Å². The SMILES string of the molecule is CN(C)CCCN(C)C(C)(CN)Cc1ccc(Br)cc1. The molecule has 114 valence electrons. The van der Waals surface area contributed by atoms with E-state index in [1.54, 1.807) is 0 Å². The summed E-state index contributed by atoms with van der Waals surface area (Å²) in [7, 11) is 6.41. The first-order valence-corrected chi connectivity index (χ1v) is 7.97. The number of benzene rings is 1. The van der Waals surface area contributed by atoms with Gasteiger partial charge in [0.1, 0.15) is 0 Å². The van der Waals surface area contributed by atoms with E-state index in [0.29, 0.717) is 6.54 Å². The molecule has 0 saturated carbocycles. The molecule has 1 aromatic rings. The summed E-state index contributed by atoms with van der Waals surface area (Å²) in [6.07, 6.45) is 2.15. The molecular weight excluding hydrogens is 314 g/mol. The highest BCUT2D eigenvalue weighted by atomic mass is 79.9. The van der Waals surface area contributed by atoms with Crippen LogP contribution < -0.4 is 5.73 Å². The van der Waals surface area contributed by atoms with E-state index in [1.807, 2.05) is 0 Å². The summed E-state index contributed by atoms with van der Waals surface area (Å²) >= 11 is 3.48. The van der Waals surface area contributed by atoms with Crippen molar-refractivity contribution in [1.29, 1.82) is 0 Å². The van der Waals surface area contributed by atoms with Gasteiger partial charge in [-0.05, 0) is 71.7 Å². The van der Waals surface area contributed by atoms with E-state index in [1.165, 1.54) is 12.0 Å². The third kappa shape index (κ3) is 5.52. The average Bonchev–Trinajstić information content (AvgIpc) is 2.40. The van der Waals surface area contributed by atoms with Crippen molar-refractivity contribution < 1.29 is 0 Å². The van der Waals surface area contributed by atoms with Crippen molar-refractivity contribution in [2.45, 2.75) is 25.3 Å². The van der Waals surface area contributed by atoms with Gasteiger partial charge < -0.3 is 10.6 Å². The smallest absolute Gasteiger partial charge is 0.0340 e. The fourth-order valence-corrected chi connectivity index (χ4v) is 2.56. The molecule has 0 aromatic heterocycles. The lowest BCUT2D eigenvalue weighted by Crippen LogP contribution is -2.51. The van der Waals surface area contributed by atoms with Gasteiger partial charge in [0.2, 0.25) is 0 Å². The van der Waals surface area contributed by atoms with Crippen LogP contribution in [-0.4, -0.2) is 56.1 Å². The number of likely N-dealkylation sites (N-methyl/N-ethyl adjacent to an activating group) is 1. The Kier molecular flexibility index (Phi) is 7.17. The molecule has 0 fully saturated rings. The first-order valence-electron chi connectivity index (χ1n) is 7.18. The summed E-state index contributed by atoms with van der Waals surface area (Å²) in [6.45, 7) is 5.11. The van der Waals surface area contributed by atoms with Crippen molar-refractivity contribution in [3.63, 3.8) is 0 Å². The van der Waals surface area contributed by atoms with Gasteiger partial charge in [0.05, 0.1) is 0 Å². The molecule has 0 heterocycles. The Labute approximate surface area is 132 Å². The van der Waals surface area contributed by atoms with Crippen LogP contribution in [0.2, 0.25) is 0 Å². The molecule has 0 saturated heterocycles. The molecule has 0 spiro atoms. The van der Waals surface area contributed by atoms with Gasteiger partial charge in [-0.2, -0.15) is 0 Å². The predicted octanol–water partition coefficient (Wildman–Crippen LogP) is 2.59. The van der Waals surface area contributed by atoms with Crippen LogP contribution in [0.25, 0.3) is 0 Å². The molecule has 0 amide bonds. The van der Waals surface area contributed by atoms with E-state index in [2.05, 4.69) is 78.1 Å². The minimum absolute atomic E-state index is 0.0140. The molecule has 20 heavy (non-hydrogen) atoms. The minimum atomic E-state index is 0.0140. The molecular formula is C16H28BrN3. The fraction of sp³-hybridized carbons (Fsp3) is 0.625. The Hall–Kier alpha value is -0.420. The lowest BCUT2D eigenvalue weighted by molar-refractivity contribution is 0.138. The highest BCUT2D eigenvalue weighted by Gasteiger charge is 2.27. The van der Waals surface area contributed by atoms with Gasteiger partial charge >= 0.3 is 0 Å². The second kappa shape index (κ2) is 8.13. The summed E-state index contributed by atoms with van der Waals surface area (Å²) in [5.74, 6) is 0. The zero-order chi connectivity index (χ0) is 15.2. The second-order valence-electron chi connectivity index (χ2n) is 6.08. The van der Waals surface area contributed by atoms with Crippen molar-refractivity contribution in [3.05, 3.63) is 34.3 Å². The number of hydrogen-bond acceptors (Lipinski definition) is 3. The Balaban J connectivity index is 2.62. The monoisotopic (exact) mass is 341 g/mol. The zero-order valence-corrected chi connectivity index (χ0v) is 14.8. The highest BCUT2D eigenvalue weighted by molar-refractivity contribution is 9.10. The van der Waals surface area contributed by atoms with Crippen LogP contribution in [0.4, 0.5) is 0 Å². The maximum absolute atomic E-state index is 6.06. The third-order valence-electron chi connectivity index (χ3n) is 3.96. The lowest BCUT2D eigenvalue weighted by Gasteiger charge is -2.38. The van der Waals surface area contributed by atoms with Crippen LogP contribution in [0.5, 0.6) is 0 Å². The second-order valence-corrected chi connectivity index (χ2v) is 7.00. The highest BCUT2D eigenvalue weighted by Crippen LogP contribution is 2.20. The number of halogens is 1.